The smallest absolute Gasteiger partial charge is 0.249 e. The zero-order valence-electron chi connectivity index (χ0n) is 10.7. The van der Waals surface area contributed by atoms with Crippen molar-refractivity contribution in [2.75, 3.05) is 6.54 Å². The topological polar surface area (TPSA) is 63.4 Å². The van der Waals surface area contributed by atoms with E-state index in [0.29, 0.717) is 0 Å². The summed E-state index contributed by atoms with van der Waals surface area (Å²) in [5, 5.41) is 0. The van der Waals surface area contributed by atoms with Gasteiger partial charge in [0.2, 0.25) is 11.8 Å². The van der Waals surface area contributed by atoms with Crippen LogP contribution in [0, 0.1) is 0 Å². The zero-order valence-corrected chi connectivity index (χ0v) is 10.7. The molecule has 0 aliphatic carbocycles. The summed E-state index contributed by atoms with van der Waals surface area (Å²) >= 11 is 0. The fourth-order valence-electron chi connectivity index (χ4n) is 2.33. The molecule has 1 heterocycles. The molecule has 1 aliphatic rings. The summed E-state index contributed by atoms with van der Waals surface area (Å²) in [5.41, 5.74) is 6.00. The van der Waals surface area contributed by atoms with Crippen LogP contribution in [0.3, 0.4) is 0 Å². The molecule has 1 aliphatic heterocycles. The highest BCUT2D eigenvalue weighted by molar-refractivity contribution is 5.93. The standard InChI is InChI=1S/C13H22N2O2/c1-3-6-10(2)13(17)15-8-5-4-7-11(15)9-12(14)16/h6,11H,3-5,7-9H2,1-2H3,(H2,14,16)/b10-6+/t11-/m0/s1. The third kappa shape index (κ3) is 3.88. The van der Waals surface area contributed by atoms with Crippen LogP contribution >= 0.6 is 0 Å². The Hall–Kier alpha value is -1.32. The van der Waals surface area contributed by atoms with Crippen LogP contribution < -0.4 is 5.73 Å². The number of piperidine rings is 1. The predicted molar refractivity (Wildman–Crippen MR) is 67.2 cm³/mol. The number of nitrogens with zero attached hydrogens (tertiary/aromatic N) is 1. The molecule has 2 N–H and O–H groups in total. The van der Waals surface area contributed by atoms with E-state index in [4.69, 9.17) is 5.73 Å². The molecular weight excluding hydrogens is 216 g/mol. The zero-order chi connectivity index (χ0) is 12.8. The van der Waals surface area contributed by atoms with Gasteiger partial charge in [0.15, 0.2) is 0 Å². The van der Waals surface area contributed by atoms with Crippen LogP contribution in [0.1, 0.15) is 46.0 Å². The Morgan fingerprint density at radius 1 is 1.41 bits per heavy atom. The van der Waals surface area contributed by atoms with E-state index >= 15 is 0 Å². The molecule has 0 aromatic carbocycles. The molecule has 0 saturated carbocycles. The van der Waals surface area contributed by atoms with E-state index in [1.54, 1.807) is 0 Å². The number of hydrogen-bond acceptors (Lipinski definition) is 2. The molecular formula is C13H22N2O2. The summed E-state index contributed by atoms with van der Waals surface area (Å²) in [6, 6.07) is -0.00560. The minimum absolute atomic E-state index is 0.00560. The lowest BCUT2D eigenvalue weighted by Gasteiger charge is -2.35. The van der Waals surface area contributed by atoms with Crippen LogP contribution in [0.25, 0.3) is 0 Å². The van der Waals surface area contributed by atoms with Crippen LogP contribution in [-0.4, -0.2) is 29.3 Å². The number of rotatable bonds is 4. The van der Waals surface area contributed by atoms with Gasteiger partial charge >= 0.3 is 0 Å². The third-order valence-electron chi connectivity index (χ3n) is 3.17. The lowest BCUT2D eigenvalue weighted by atomic mass is 9.98. The number of likely N-dealkylation sites (tertiary alicyclic amines) is 1. The molecule has 1 fully saturated rings. The molecule has 1 atom stereocenters. The lowest BCUT2D eigenvalue weighted by molar-refractivity contribution is -0.132. The molecule has 17 heavy (non-hydrogen) atoms. The van der Waals surface area contributed by atoms with E-state index in [-0.39, 0.29) is 24.3 Å². The summed E-state index contributed by atoms with van der Waals surface area (Å²) in [7, 11) is 0. The van der Waals surface area contributed by atoms with Gasteiger partial charge in [-0.1, -0.05) is 13.0 Å². The van der Waals surface area contributed by atoms with Gasteiger partial charge in [-0.05, 0) is 32.6 Å². The first-order valence-electron chi connectivity index (χ1n) is 6.32. The van der Waals surface area contributed by atoms with E-state index < -0.39 is 0 Å². The van der Waals surface area contributed by atoms with Crippen LogP contribution in [0.2, 0.25) is 0 Å². The number of nitrogens with two attached hydrogens (primary N) is 1. The van der Waals surface area contributed by atoms with Gasteiger partial charge in [-0.15, -0.1) is 0 Å². The largest absolute Gasteiger partial charge is 0.370 e. The molecule has 4 heteroatoms. The fraction of sp³-hybridized carbons (Fsp3) is 0.692. The number of carbonyl (C=O) groups is 2. The minimum Gasteiger partial charge on any atom is -0.370 e. The van der Waals surface area contributed by atoms with Gasteiger partial charge in [-0.2, -0.15) is 0 Å². The fourth-order valence-corrected chi connectivity index (χ4v) is 2.33. The maximum absolute atomic E-state index is 12.2. The minimum atomic E-state index is -0.327. The first-order chi connectivity index (χ1) is 8.06. The third-order valence-corrected chi connectivity index (χ3v) is 3.17. The SMILES string of the molecule is CC/C=C(\C)C(=O)N1CCCC[C@H]1CC(N)=O. The second-order valence-electron chi connectivity index (χ2n) is 4.61. The molecule has 96 valence electrons. The maximum Gasteiger partial charge on any atom is 0.249 e. The van der Waals surface area contributed by atoms with Gasteiger partial charge in [-0.3, -0.25) is 9.59 Å². The van der Waals surface area contributed by atoms with Crippen molar-refractivity contribution >= 4 is 11.8 Å². The number of allylic oxidation sites excluding steroid dienone is 1. The molecule has 0 aromatic heterocycles. The number of primary amides is 1. The molecule has 1 saturated heterocycles. The number of carbonyl (C=O) groups excluding carboxylic acids is 2. The summed E-state index contributed by atoms with van der Waals surface area (Å²) in [6.07, 6.45) is 6.03. The normalized spacial score (nSPS) is 21.4. The molecule has 1 rings (SSSR count). The molecule has 2 amide bonds. The first kappa shape index (κ1) is 13.7. The highest BCUT2D eigenvalue weighted by Crippen LogP contribution is 2.21. The molecule has 0 radical (unpaired) electrons. The molecule has 0 bridgehead atoms. The van der Waals surface area contributed by atoms with E-state index in [1.807, 2.05) is 24.8 Å². The predicted octanol–water partition coefficient (Wildman–Crippen LogP) is 1.60. The van der Waals surface area contributed by atoms with Crippen molar-refractivity contribution in [3.05, 3.63) is 11.6 Å². The van der Waals surface area contributed by atoms with E-state index in [1.165, 1.54) is 0 Å². The quantitative estimate of drug-likeness (QED) is 0.756. The average Bonchev–Trinajstić information content (AvgIpc) is 2.28. The Morgan fingerprint density at radius 3 is 2.71 bits per heavy atom. The van der Waals surface area contributed by atoms with Crippen molar-refractivity contribution in [1.82, 2.24) is 4.90 Å². The van der Waals surface area contributed by atoms with Gasteiger partial charge in [-0.25, -0.2) is 0 Å². The van der Waals surface area contributed by atoms with Crippen molar-refractivity contribution < 1.29 is 9.59 Å². The molecule has 4 nitrogen and oxygen atoms in total. The van der Waals surface area contributed by atoms with Gasteiger partial charge in [0.25, 0.3) is 0 Å². The Morgan fingerprint density at radius 2 is 2.12 bits per heavy atom. The Bertz CT molecular complexity index is 323. The van der Waals surface area contributed by atoms with E-state index in [9.17, 15) is 9.59 Å². The van der Waals surface area contributed by atoms with Crippen molar-refractivity contribution in [2.24, 2.45) is 5.73 Å². The summed E-state index contributed by atoms with van der Waals surface area (Å²) in [6.45, 7) is 4.58. The Labute approximate surface area is 103 Å². The highest BCUT2D eigenvalue weighted by atomic mass is 16.2. The summed E-state index contributed by atoms with van der Waals surface area (Å²) < 4.78 is 0. The number of hydrogen-bond donors (Lipinski definition) is 1. The van der Waals surface area contributed by atoms with Crippen LogP contribution in [0.4, 0.5) is 0 Å². The van der Waals surface area contributed by atoms with Gasteiger partial charge in [0.1, 0.15) is 0 Å². The Kier molecular flexibility index (Phi) is 5.19. The van der Waals surface area contributed by atoms with Gasteiger partial charge < -0.3 is 10.6 Å². The summed E-state index contributed by atoms with van der Waals surface area (Å²) in [5.74, 6) is -0.273. The lowest BCUT2D eigenvalue weighted by Crippen LogP contribution is -2.45. The van der Waals surface area contributed by atoms with E-state index in [0.717, 1.165) is 37.8 Å². The molecule has 0 unspecified atom stereocenters. The van der Waals surface area contributed by atoms with Crippen molar-refractivity contribution in [2.45, 2.75) is 52.0 Å². The van der Waals surface area contributed by atoms with Gasteiger partial charge in [0, 0.05) is 24.6 Å². The molecule has 0 spiro atoms. The van der Waals surface area contributed by atoms with E-state index in [2.05, 4.69) is 0 Å². The van der Waals surface area contributed by atoms with Gasteiger partial charge in [0.05, 0.1) is 0 Å². The second-order valence-corrected chi connectivity index (χ2v) is 4.61. The Balaban J connectivity index is 2.73. The highest BCUT2D eigenvalue weighted by Gasteiger charge is 2.28. The maximum atomic E-state index is 12.2. The monoisotopic (exact) mass is 238 g/mol. The van der Waals surface area contributed by atoms with Crippen LogP contribution in [-0.2, 0) is 9.59 Å². The van der Waals surface area contributed by atoms with Crippen LogP contribution in [0.15, 0.2) is 11.6 Å². The average molecular weight is 238 g/mol. The number of amides is 2. The van der Waals surface area contributed by atoms with Crippen molar-refractivity contribution in [3.8, 4) is 0 Å². The van der Waals surface area contributed by atoms with Crippen molar-refractivity contribution in [3.63, 3.8) is 0 Å². The summed E-state index contributed by atoms with van der Waals surface area (Å²) in [4.78, 5) is 25.0. The molecule has 0 aromatic rings. The van der Waals surface area contributed by atoms with Crippen LogP contribution in [0.5, 0.6) is 0 Å². The van der Waals surface area contributed by atoms with Crippen molar-refractivity contribution in [1.29, 1.82) is 0 Å². The second kappa shape index (κ2) is 6.42. The first-order valence-corrected chi connectivity index (χ1v) is 6.32.